The number of nitrogens with zero attached hydrogens (tertiary/aromatic N) is 2. The molecule has 2 aromatic carbocycles. The fraction of sp³-hybridized carbons (Fsp3) is 0.391. The first-order valence-corrected chi connectivity index (χ1v) is 10.1. The van der Waals surface area contributed by atoms with Gasteiger partial charge in [-0.3, -0.25) is 14.6 Å². The van der Waals surface area contributed by atoms with Crippen molar-refractivity contribution in [1.29, 1.82) is 0 Å². The number of carbonyl (C=O) groups excluding carboxylic acids is 1. The summed E-state index contributed by atoms with van der Waals surface area (Å²) < 4.78 is 11.2. The van der Waals surface area contributed by atoms with Gasteiger partial charge in [0.15, 0.2) is 6.04 Å². The molecular weight excluding hydrogens is 384 g/mol. The molecule has 30 heavy (non-hydrogen) atoms. The van der Waals surface area contributed by atoms with Gasteiger partial charge in [-0.2, -0.15) is 0 Å². The van der Waals surface area contributed by atoms with Gasteiger partial charge in [-0.25, -0.2) is 4.79 Å². The first kappa shape index (κ1) is 20.4. The third-order valence-corrected chi connectivity index (χ3v) is 5.99. The van der Waals surface area contributed by atoms with Crippen molar-refractivity contribution in [3.8, 4) is 5.75 Å². The number of amides is 1. The maximum atomic E-state index is 13.3. The highest BCUT2D eigenvalue weighted by Gasteiger charge is 2.54. The van der Waals surface area contributed by atoms with Gasteiger partial charge in [-0.1, -0.05) is 30.3 Å². The number of methoxy groups -OCH3 is 1. The van der Waals surface area contributed by atoms with Gasteiger partial charge in [-0.05, 0) is 29.8 Å². The molecule has 0 aromatic heterocycles. The molecule has 2 heterocycles. The molecule has 0 bridgehead atoms. The quantitative estimate of drug-likeness (QED) is 0.816. The number of hydrogen-bond donors (Lipinski definition) is 1. The summed E-state index contributed by atoms with van der Waals surface area (Å²) in [6.07, 6.45) is 1.15. The van der Waals surface area contributed by atoms with Crippen molar-refractivity contribution in [2.75, 3.05) is 26.8 Å². The Hall–Kier alpha value is -2.90. The molecule has 4 rings (SSSR count). The number of ether oxygens (including phenoxy) is 2. The fourth-order valence-electron chi connectivity index (χ4n) is 4.33. The molecule has 1 amide bonds. The molecule has 7 heteroatoms. The second-order valence-corrected chi connectivity index (χ2v) is 7.78. The number of hydrogen-bond acceptors (Lipinski definition) is 5. The van der Waals surface area contributed by atoms with Crippen molar-refractivity contribution in [2.24, 2.45) is 0 Å². The molecule has 1 spiro atoms. The second kappa shape index (κ2) is 8.45. The predicted octanol–water partition coefficient (Wildman–Crippen LogP) is 2.61. The lowest BCUT2D eigenvalue weighted by molar-refractivity contribution is -0.144. The van der Waals surface area contributed by atoms with E-state index < -0.39 is 17.7 Å². The Bertz CT molecular complexity index is 892. The van der Waals surface area contributed by atoms with Crippen molar-refractivity contribution in [3.63, 3.8) is 0 Å². The number of piperidine rings is 1. The van der Waals surface area contributed by atoms with Crippen LogP contribution in [0.2, 0.25) is 0 Å². The zero-order chi connectivity index (χ0) is 21.1. The Balaban J connectivity index is 1.52. The molecule has 1 unspecified atom stereocenters. The maximum Gasteiger partial charge on any atom is 0.328 e. The minimum absolute atomic E-state index is 0.00983. The molecule has 2 aliphatic rings. The minimum atomic E-state index is -1.04. The summed E-state index contributed by atoms with van der Waals surface area (Å²) in [5.41, 5.74) is 0.779. The van der Waals surface area contributed by atoms with Gasteiger partial charge in [0.25, 0.3) is 5.91 Å². The third kappa shape index (κ3) is 3.91. The van der Waals surface area contributed by atoms with Gasteiger partial charge in [0.2, 0.25) is 0 Å². The molecule has 1 N–H and O–H groups in total. The van der Waals surface area contributed by atoms with Crippen LogP contribution in [0.5, 0.6) is 5.75 Å². The highest BCUT2D eigenvalue weighted by Crippen LogP contribution is 2.38. The van der Waals surface area contributed by atoms with Crippen LogP contribution in [-0.2, 0) is 16.1 Å². The standard InChI is InChI=1S/C23H26N2O5/c1-29-19-9-7-18(8-10-19)21(26)25-20(22(27)28)16-30-23(25)11-13-24(14-12-23)15-17-5-3-2-4-6-17/h2-10,20H,11-16H2,1H3,(H,27,28). The molecule has 7 nitrogen and oxygen atoms in total. The van der Waals surface area contributed by atoms with E-state index in [9.17, 15) is 14.7 Å². The average Bonchev–Trinajstić information content (AvgIpc) is 3.15. The molecule has 2 aromatic rings. The predicted molar refractivity (Wildman–Crippen MR) is 110 cm³/mol. The number of carboxylic acids is 1. The van der Waals surface area contributed by atoms with Gasteiger partial charge < -0.3 is 14.6 Å². The van der Waals surface area contributed by atoms with Gasteiger partial charge in [0.05, 0.1) is 13.7 Å². The molecule has 158 valence electrons. The number of likely N-dealkylation sites (tertiary alicyclic amines) is 1. The van der Waals surface area contributed by atoms with Crippen LogP contribution in [0.1, 0.15) is 28.8 Å². The van der Waals surface area contributed by atoms with Crippen LogP contribution in [0.15, 0.2) is 54.6 Å². The van der Waals surface area contributed by atoms with E-state index in [1.807, 2.05) is 18.2 Å². The molecule has 2 aliphatic heterocycles. The molecular formula is C23H26N2O5. The van der Waals surface area contributed by atoms with Crippen molar-refractivity contribution in [1.82, 2.24) is 9.80 Å². The smallest absolute Gasteiger partial charge is 0.328 e. The van der Waals surface area contributed by atoms with E-state index in [-0.39, 0.29) is 12.5 Å². The van der Waals surface area contributed by atoms with Crippen molar-refractivity contribution in [3.05, 3.63) is 65.7 Å². The number of aliphatic carboxylic acids is 1. The van der Waals surface area contributed by atoms with Gasteiger partial charge in [0.1, 0.15) is 11.5 Å². The third-order valence-electron chi connectivity index (χ3n) is 5.99. The van der Waals surface area contributed by atoms with Crippen LogP contribution in [0.25, 0.3) is 0 Å². The summed E-state index contributed by atoms with van der Waals surface area (Å²) in [4.78, 5) is 29.0. The first-order valence-electron chi connectivity index (χ1n) is 10.1. The zero-order valence-electron chi connectivity index (χ0n) is 17.0. The van der Waals surface area contributed by atoms with E-state index in [2.05, 4.69) is 17.0 Å². The highest BCUT2D eigenvalue weighted by molar-refractivity contribution is 5.97. The van der Waals surface area contributed by atoms with Crippen LogP contribution in [0, 0.1) is 0 Å². The summed E-state index contributed by atoms with van der Waals surface area (Å²) >= 11 is 0. The average molecular weight is 410 g/mol. The van der Waals surface area contributed by atoms with E-state index in [1.165, 1.54) is 10.5 Å². The number of rotatable bonds is 5. The van der Waals surface area contributed by atoms with Crippen LogP contribution in [0.4, 0.5) is 0 Å². The Morgan fingerprint density at radius 1 is 1.10 bits per heavy atom. The van der Waals surface area contributed by atoms with Gasteiger partial charge >= 0.3 is 5.97 Å². The Morgan fingerprint density at radius 2 is 1.77 bits per heavy atom. The molecule has 0 saturated carbocycles. The fourth-order valence-corrected chi connectivity index (χ4v) is 4.33. The number of carbonyl (C=O) groups is 2. The maximum absolute atomic E-state index is 13.3. The van der Waals surface area contributed by atoms with Crippen LogP contribution >= 0.6 is 0 Å². The Morgan fingerprint density at radius 3 is 2.37 bits per heavy atom. The molecule has 0 radical (unpaired) electrons. The molecule has 2 fully saturated rings. The molecule has 1 atom stereocenters. The van der Waals surface area contributed by atoms with Gasteiger partial charge in [-0.15, -0.1) is 0 Å². The van der Waals surface area contributed by atoms with Crippen LogP contribution < -0.4 is 4.74 Å². The van der Waals surface area contributed by atoms with Crippen LogP contribution in [0.3, 0.4) is 0 Å². The Kier molecular flexibility index (Phi) is 5.74. The van der Waals surface area contributed by atoms with E-state index in [1.54, 1.807) is 31.4 Å². The molecule has 0 aliphatic carbocycles. The minimum Gasteiger partial charge on any atom is -0.497 e. The lowest BCUT2D eigenvalue weighted by Gasteiger charge is -2.44. The Labute approximate surface area is 175 Å². The summed E-state index contributed by atoms with van der Waals surface area (Å²) in [6, 6.07) is 16.0. The summed E-state index contributed by atoms with van der Waals surface area (Å²) in [5, 5.41) is 9.72. The van der Waals surface area contributed by atoms with E-state index >= 15 is 0 Å². The first-order chi connectivity index (χ1) is 14.5. The second-order valence-electron chi connectivity index (χ2n) is 7.78. The van der Waals surface area contributed by atoms with E-state index in [0.29, 0.717) is 24.2 Å². The van der Waals surface area contributed by atoms with Crippen molar-refractivity contribution < 1.29 is 24.2 Å². The van der Waals surface area contributed by atoms with Crippen LogP contribution in [-0.4, -0.2) is 65.4 Å². The number of carboxylic acid groups (broad SMARTS) is 1. The highest BCUT2D eigenvalue weighted by atomic mass is 16.5. The van der Waals surface area contributed by atoms with Crippen molar-refractivity contribution >= 4 is 11.9 Å². The van der Waals surface area contributed by atoms with E-state index in [0.717, 1.165) is 19.6 Å². The van der Waals surface area contributed by atoms with Crippen molar-refractivity contribution in [2.45, 2.75) is 31.2 Å². The van der Waals surface area contributed by atoms with Gasteiger partial charge in [0, 0.05) is 38.0 Å². The largest absolute Gasteiger partial charge is 0.497 e. The molecule has 2 saturated heterocycles. The zero-order valence-corrected chi connectivity index (χ0v) is 17.0. The lowest BCUT2D eigenvalue weighted by Crippen LogP contribution is -2.58. The summed E-state index contributed by atoms with van der Waals surface area (Å²) in [5.74, 6) is -0.720. The summed E-state index contributed by atoms with van der Waals surface area (Å²) in [7, 11) is 1.56. The summed E-state index contributed by atoms with van der Waals surface area (Å²) in [6.45, 7) is 2.29. The monoisotopic (exact) mass is 410 g/mol. The van der Waals surface area contributed by atoms with E-state index in [4.69, 9.17) is 9.47 Å². The topological polar surface area (TPSA) is 79.3 Å². The number of benzene rings is 2. The SMILES string of the molecule is COc1ccc(C(=O)N2C(C(=O)O)COC23CCN(Cc2ccccc2)CC3)cc1. The lowest BCUT2D eigenvalue weighted by atomic mass is 9.96. The normalized spacial score (nSPS) is 21.0.